The van der Waals surface area contributed by atoms with E-state index in [4.69, 9.17) is 0 Å². The number of piperidine rings is 1. The van der Waals surface area contributed by atoms with Crippen LogP contribution in [0.3, 0.4) is 0 Å². The summed E-state index contributed by atoms with van der Waals surface area (Å²) in [5, 5.41) is 8.57. The number of likely N-dealkylation sites (N-methyl/N-ethyl adjacent to an activating group) is 7. The lowest BCUT2D eigenvalue weighted by Gasteiger charge is -2.42. The van der Waals surface area contributed by atoms with Crippen LogP contribution in [-0.2, 0) is 70.1 Å². The Balaban J connectivity index is 1.42. The van der Waals surface area contributed by atoms with Crippen molar-refractivity contribution in [2.45, 2.75) is 224 Å². The van der Waals surface area contributed by atoms with Crippen molar-refractivity contribution in [2.24, 2.45) is 23.7 Å². The number of amides is 12. The van der Waals surface area contributed by atoms with Gasteiger partial charge >= 0.3 is 6.18 Å². The van der Waals surface area contributed by atoms with Gasteiger partial charge < -0.3 is 60.0 Å². The predicted molar refractivity (Wildman–Crippen MR) is 357 cm³/mol. The molecule has 0 bridgehead atoms. The van der Waals surface area contributed by atoms with Crippen LogP contribution in [0.15, 0.2) is 18.2 Å². The lowest BCUT2D eigenvalue weighted by Crippen LogP contribution is -2.65. The van der Waals surface area contributed by atoms with Crippen LogP contribution in [0.4, 0.5) is 17.6 Å². The zero-order valence-corrected chi connectivity index (χ0v) is 59.9. The van der Waals surface area contributed by atoms with Gasteiger partial charge in [0.2, 0.25) is 70.9 Å². The van der Waals surface area contributed by atoms with E-state index in [1.54, 1.807) is 25.7 Å². The molecule has 3 saturated heterocycles. The highest BCUT2D eigenvalue weighted by molar-refractivity contribution is 6.00. The largest absolute Gasteiger partial charge is 0.419 e. The van der Waals surface area contributed by atoms with Gasteiger partial charge in [-0.2, -0.15) is 13.2 Å². The van der Waals surface area contributed by atoms with Gasteiger partial charge in [0.25, 0.3) is 0 Å². The third kappa shape index (κ3) is 19.9. The standard InChI is InChI=1S/C70H108F4N12O12/c1-14-45(6)59-66(96)80(9)41-57(89)78(7)42-58(90)82(11)53(38-46-24-17-15-18-25-46)64(94)79(8)40-55(87)75-50(30-28-47-27-29-48(49(71)37-47)70(72,73)74)63(93)86-35-23-26-51(86)62(92)77-69(31-19-20-32-69)68(98)84(13)60(44(4)5)67(97)83(12)54(65(95)85-33-21-16-22-34-85)39-56(88)81(10)52(36-43(2)3)61(91)76-59/h27,29,37,43-46,50-54,59-60H,14-26,28,30-36,38-42H2,1-13H3,(H,75,87)(H,76,91)(H,77,92)/t45-,50-,51?,52-,53-,54-,59-,60-/m0/s1. The minimum atomic E-state index is -5.00. The van der Waals surface area contributed by atoms with E-state index in [0.717, 1.165) is 59.3 Å². The van der Waals surface area contributed by atoms with Gasteiger partial charge in [-0.1, -0.05) is 99.0 Å². The Labute approximate surface area is 575 Å². The van der Waals surface area contributed by atoms with Crippen molar-refractivity contribution in [1.82, 2.24) is 60.0 Å². The van der Waals surface area contributed by atoms with Crippen molar-refractivity contribution in [3.63, 3.8) is 0 Å². The minimum Gasteiger partial charge on any atom is -0.343 e. The first kappa shape index (κ1) is 79.6. The molecule has 1 aromatic rings. The molecule has 28 heteroatoms. The van der Waals surface area contributed by atoms with Crippen molar-refractivity contribution < 1.29 is 75.1 Å². The van der Waals surface area contributed by atoms with E-state index in [0.29, 0.717) is 57.3 Å². The summed E-state index contributed by atoms with van der Waals surface area (Å²) in [7, 11) is 9.75. The van der Waals surface area contributed by atoms with E-state index in [1.807, 2.05) is 20.8 Å². The molecule has 0 radical (unpaired) electrons. The molecule has 1 aromatic carbocycles. The molecule has 3 aliphatic heterocycles. The molecule has 24 nitrogen and oxygen atoms in total. The summed E-state index contributed by atoms with van der Waals surface area (Å²) in [6, 6.07) is -6.68. The molecule has 8 atom stereocenters. The lowest BCUT2D eigenvalue weighted by atomic mass is 9.84. The number of hydrogen-bond acceptors (Lipinski definition) is 12. The molecule has 3 heterocycles. The van der Waals surface area contributed by atoms with Crippen LogP contribution in [0.25, 0.3) is 0 Å². The fourth-order valence-electron chi connectivity index (χ4n) is 14.6. The van der Waals surface area contributed by atoms with Crippen LogP contribution < -0.4 is 16.0 Å². The quantitative estimate of drug-likeness (QED) is 0.248. The van der Waals surface area contributed by atoms with Crippen molar-refractivity contribution in [3.05, 3.63) is 35.1 Å². The fourth-order valence-corrected chi connectivity index (χ4v) is 14.6. The van der Waals surface area contributed by atoms with Gasteiger partial charge in [0.05, 0.1) is 31.6 Å². The van der Waals surface area contributed by atoms with E-state index >= 15 is 18.8 Å². The summed E-state index contributed by atoms with van der Waals surface area (Å²) in [6.07, 6.45) is 2.69. The van der Waals surface area contributed by atoms with Crippen LogP contribution in [0.1, 0.15) is 175 Å². The molecule has 1 spiro atoms. The number of alkyl halides is 3. The lowest BCUT2D eigenvalue weighted by molar-refractivity contribution is -0.156. The monoisotopic (exact) mass is 1380 g/mol. The Morgan fingerprint density at radius 2 is 1.22 bits per heavy atom. The maximum atomic E-state index is 15.4. The Hall–Kier alpha value is -7.42. The number of fused-ring (bicyclic) bond motifs is 1. The van der Waals surface area contributed by atoms with Gasteiger partial charge in [-0.25, -0.2) is 4.39 Å². The average molecular weight is 1390 g/mol. The fraction of sp³-hybridized carbons (Fsp3) is 0.743. The zero-order chi connectivity index (χ0) is 72.8. The van der Waals surface area contributed by atoms with E-state index < -0.39 is 174 Å². The Morgan fingerprint density at radius 1 is 0.622 bits per heavy atom. The van der Waals surface area contributed by atoms with Crippen molar-refractivity contribution >= 4 is 70.9 Å². The highest BCUT2D eigenvalue weighted by Crippen LogP contribution is 2.36. The number of likely N-dealkylation sites (tertiary alicyclic amines) is 1. The molecule has 5 aliphatic rings. The molecule has 548 valence electrons. The third-order valence-corrected chi connectivity index (χ3v) is 20.9. The topological polar surface area (TPSA) is 270 Å². The van der Waals surface area contributed by atoms with Gasteiger partial charge in [0.15, 0.2) is 0 Å². The van der Waals surface area contributed by atoms with E-state index in [9.17, 15) is 56.3 Å². The van der Waals surface area contributed by atoms with Gasteiger partial charge in [0.1, 0.15) is 53.6 Å². The van der Waals surface area contributed by atoms with Crippen LogP contribution in [-0.4, -0.2) is 251 Å². The first-order valence-electron chi connectivity index (χ1n) is 35.2. The number of carbonyl (C=O) groups is 12. The van der Waals surface area contributed by atoms with Crippen molar-refractivity contribution in [1.29, 1.82) is 0 Å². The van der Waals surface area contributed by atoms with Crippen LogP contribution >= 0.6 is 0 Å². The number of carbonyl (C=O) groups excluding carboxylic acids is 12. The molecule has 2 aliphatic carbocycles. The molecule has 98 heavy (non-hydrogen) atoms. The second-order valence-corrected chi connectivity index (χ2v) is 29.0. The smallest absolute Gasteiger partial charge is 0.343 e. The summed E-state index contributed by atoms with van der Waals surface area (Å²) >= 11 is 0. The van der Waals surface area contributed by atoms with E-state index in [1.165, 1.54) is 73.8 Å². The summed E-state index contributed by atoms with van der Waals surface area (Å²) in [6.45, 7) is 9.67. The number of rotatable bonds is 11. The Morgan fingerprint density at radius 3 is 1.82 bits per heavy atom. The van der Waals surface area contributed by atoms with Gasteiger partial charge in [-0.3, -0.25) is 57.5 Å². The second kappa shape index (κ2) is 35.1. The molecule has 1 unspecified atom stereocenters. The molecule has 2 saturated carbocycles. The maximum Gasteiger partial charge on any atom is 0.419 e. The number of nitrogens with one attached hydrogen (secondary N) is 3. The van der Waals surface area contributed by atoms with Crippen LogP contribution in [0.2, 0.25) is 0 Å². The molecular formula is C70H108F4N12O12. The van der Waals surface area contributed by atoms with E-state index in [2.05, 4.69) is 16.0 Å². The van der Waals surface area contributed by atoms with Crippen molar-refractivity contribution in [2.75, 3.05) is 88.6 Å². The van der Waals surface area contributed by atoms with Gasteiger partial charge in [-0.05, 0) is 112 Å². The SMILES string of the molecule is CC[C@H](C)[C@@H]1NC(=O)[C@H](CC(C)C)N(C)C(=O)C[C@@H](C(=O)N2CCCCC2)N(C)C(=O)[C@H](C(C)C)N(C)C(=O)C2(CCCC2)NC(=O)C2CCCN2C(=O)[C@H](CCc2ccc(C(F)(F)F)c(F)c2)NC(=O)CN(C)C(=O)[C@H](CC2CCCCC2)N(C)C(=O)CN(C)C(=O)CN(C)C1=O. The van der Waals surface area contributed by atoms with Gasteiger partial charge in [0, 0.05) is 69.0 Å². The van der Waals surface area contributed by atoms with E-state index in [-0.39, 0.29) is 75.3 Å². The second-order valence-electron chi connectivity index (χ2n) is 29.0. The van der Waals surface area contributed by atoms with Crippen LogP contribution in [0.5, 0.6) is 0 Å². The Bertz CT molecular complexity index is 3040. The molecule has 0 aromatic heterocycles. The summed E-state index contributed by atoms with van der Waals surface area (Å²) in [5.74, 6) is -11.0. The maximum absolute atomic E-state index is 15.4. The van der Waals surface area contributed by atoms with Crippen LogP contribution in [0, 0.1) is 29.5 Å². The number of aryl methyl sites for hydroxylation is 1. The molecule has 5 fully saturated rings. The number of benzene rings is 1. The number of halogens is 4. The predicted octanol–water partition coefficient (Wildman–Crippen LogP) is 4.98. The third-order valence-electron chi connectivity index (χ3n) is 20.9. The molecule has 3 N–H and O–H groups in total. The summed E-state index contributed by atoms with van der Waals surface area (Å²) in [4.78, 5) is 189. The van der Waals surface area contributed by atoms with Gasteiger partial charge in [-0.15, -0.1) is 0 Å². The molecule has 12 amide bonds. The Kier molecular flexibility index (Phi) is 28.5. The summed E-state index contributed by atoms with van der Waals surface area (Å²) in [5.41, 5.74) is -3.06. The minimum absolute atomic E-state index is 0.00117. The molecule has 6 rings (SSSR count). The first-order valence-corrected chi connectivity index (χ1v) is 35.2. The highest BCUT2D eigenvalue weighted by atomic mass is 19.4. The molecular weight excluding hydrogens is 1280 g/mol. The zero-order valence-electron chi connectivity index (χ0n) is 59.9. The highest BCUT2D eigenvalue weighted by Gasteiger charge is 2.51. The van der Waals surface area contributed by atoms with Crippen molar-refractivity contribution in [3.8, 4) is 0 Å². The number of hydrogen-bond donors (Lipinski definition) is 3. The normalized spacial score (nSPS) is 26.2. The number of nitrogens with zero attached hydrogens (tertiary/aromatic N) is 9. The average Bonchev–Trinajstić information content (AvgIpc) is 1.30. The summed E-state index contributed by atoms with van der Waals surface area (Å²) < 4.78 is 56.1. The first-order chi connectivity index (χ1) is 46.0.